The zero-order valence-electron chi connectivity index (χ0n) is 10.1. The summed E-state index contributed by atoms with van der Waals surface area (Å²) in [7, 11) is 0. The largest absolute Gasteiger partial charge is 0.508 e. The summed E-state index contributed by atoms with van der Waals surface area (Å²) in [4.78, 5) is 2.52. The topological polar surface area (TPSA) is 23.5 Å². The molecule has 1 aliphatic heterocycles. The van der Waals surface area contributed by atoms with Gasteiger partial charge in [0.1, 0.15) is 5.75 Å². The van der Waals surface area contributed by atoms with Crippen LogP contribution >= 0.6 is 11.8 Å². The summed E-state index contributed by atoms with van der Waals surface area (Å²) in [6, 6.07) is 7.60. The molecule has 0 saturated carbocycles. The van der Waals surface area contributed by atoms with Crippen molar-refractivity contribution in [3.05, 3.63) is 29.8 Å². The molecule has 0 aliphatic carbocycles. The number of hydrogen-bond acceptors (Lipinski definition) is 3. The van der Waals surface area contributed by atoms with Gasteiger partial charge in [0, 0.05) is 17.8 Å². The van der Waals surface area contributed by atoms with E-state index in [-0.39, 0.29) is 5.54 Å². The fourth-order valence-electron chi connectivity index (χ4n) is 2.07. The fourth-order valence-corrected chi connectivity index (χ4v) is 3.55. The molecule has 1 aromatic carbocycles. The summed E-state index contributed by atoms with van der Waals surface area (Å²) in [5.41, 5.74) is 1.49. The Balaban J connectivity index is 2.23. The molecule has 0 bridgehead atoms. The van der Waals surface area contributed by atoms with E-state index in [0.29, 0.717) is 11.1 Å². The first-order valence-corrected chi connectivity index (χ1v) is 6.70. The van der Waals surface area contributed by atoms with E-state index in [2.05, 4.69) is 25.7 Å². The van der Waals surface area contributed by atoms with E-state index >= 15 is 0 Å². The molecule has 0 radical (unpaired) electrons. The molecular formula is C13H19NOS. The molecule has 16 heavy (non-hydrogen) atoms. The highest BCUT2D eigenvalue weighted by atomic mass is 32.2. The predicted octanol–water partition coefficient (Wildman–Crippen LogP) is 3.24. The summed E-state index contributed by atoms with van der Waals surface area (Å²) in [6.07, 6.45) is 0. The number of rotatable bonds is 1. The molecule has 1 aliphatic rings. The first kappa shape index (κ1) is 11.8. The van der Waals surface area contributed by atoms with Crippen molar-refractivity contribution < 1.29 is 5.11 Å². The van der Waals surface area contributed by atoms with Crippen molar-refractivity contribution in [2.75, 3.05) is 12.3 Å². The van der Waals surface area contributed by atoms with Gasteiger partial charge in [-0.05, 0) is 38.5 Å². The van der Waals surface area contributed by atoms with Crippen molar-refractivity contribution in [3.63, 3.8) is 0 Å². The second kappa shape index (κ2) is 4.30. The Morgan fingerprint density at radius 2 is 1.88 bits per heavy atom. The molecule has 0 spiro atoms. The van der Waals surface area contributed by atoms with Crippen LogP contribution in [-0.2, 0) is 0 Å². The van der Waals surface area contributed by atoms with Crippen LogP contribution in [0.2, 0.25) is 0 Å². The number of hydrogen-bond donors (Lipinski definition) is 1. The molecule has 2 nitrogen and oxygen atoms in total. The predicted molar refractivity (Wildman–Crippen MR) is 69.8 cm³/mol. The van der Waals surface area contributed by atoms with Crippen molar-refractivity contribution in [1.29, 1.82) is 0 Å². The molecule has 3 heteroatoms. The summed E-state index contributed by atoms with van der Waals surface area (Å²) >= 11 is 1.98. The lowest BCUT2D eigenvalue weighted by molar-refractivity contribution is 0.143. The molecule has 1 N–H and O–H groups in total. The number of phenols is 1. The van der Waals surface area contributed by atoms with Gasteiger partial charge >= 0.3 is 0 Å². The van der Waals surface area contributed by atoms with Gasteiger partial charge in [0.25, 0.3) is 0 Å². The Morgan fingerprint density at radius 3 is 2.44 bits per heavy atom. The van der Waals surface area contributed by atoms with Crippen molar-refractivity contribution in [2.24, 2.45) is 0 Å². The highest BCUT2D eigenvalue weighted by Crippen LogP contribution is 2.42. The summed E-state index contributed by atoms with van der Waals surface area (Å²) < 4.78 is 0. The van der Waals surface area contributed by atoms with E-state index in [4.69, 9.17) is 0 Å². The van der Waals surface area contributed by atoms with E-state index in [0.717, 1.165) is 6.54 Å². The SMILES string of the molecule is CC(C)(C)N1CCSC1c1ccc(O)cc1. The zero-order chi connectivity index (χ0) is 11.8. The zero-order valence-corrected chi connectivity index (χ0v) is 10.9. The molecule has 1 aromatic rings. The van der Waals surface area contributed by atoms with Gasteiger partial charge in [-0.2, -0.15) is 0 Å². The summed E-state index contributed by atoms with van der Waals surface area (Å²) in [6.45, 7) is 7.91. The quantitative estimate of drug-likeness (QED) is 0.811. The van der Waals surface area contributed by atoms with Crippen molar-refractivity contribution in [3.8, 4) is 5.75 Å². The normalized spacial score (nSPS) is 22.6. The molecule has 1 fully saturated rings. The first-order chi connectivity index (χ1) is 7.48. The van der Waals surface area contributed by atoms with E-state index in [1.807, 2.05) is 23.9 Å². The molecule has 1 heterocycles. The monoisotopic (exact) mass is 237 g/mol. The fraction of sp³-hybridized carbons (Fsp3) is 0.538. The highest BCUT2D eigenvalue weighted by Gasteiger charge is 2.34. The third-order valence-electron chi connectivity index (χ3n) is 2.93. The molecule has 1 saturated heterocycles. The summed E-state index contributed by atoms with van der Waals surface area (Å²) in [5, 5.41) is 9.74. The maximum absolute atomic E-state index is 9.30. The Morgan fingerprint density at radius 1 is 1.25 bits per heavy atom. The third kappa shape index (κ3) is 2.36. The number of phenolic OH excluding ortho intramolecular Hbond substituents is 1. The smallest absolute Gasteiger partial charge is 0.115 e. The van der Waals surface area contributed by atoms with Crippen LogP contribution in [0.15, 0.2) is 24.3 Å². The van der Waals surface area contributed by atoms with Crippen LogP contribution in [0.5, 0.6) is 5.75 Å². The van der Waals surface area contributed by atoms with Gasteiger partial charge in [-0.25, -0.2) is 0 Å². The first-order valence-electron chi connectivity index (χ1n) is 5.66. The van der Waals surface area contributed by atoms with Crippen molar-refractivity contribution in [2.45, 2.75) is 31.7 Å². The standard InChI is InChI=1S/C13H19NOS/c1-13(2,3)14-8-9-16-12(14)10-4-6-11(15)7-5-10/h4-7,12,15H,8-9H2,1-3H3. The molecule has 1 atom stereocenters. The maximum Gasteiger partial charge on any atom is 0.115 e. The van der Waals surface area contributed by atoms with Crippen LogP contribution < -0.4 is 0 Å². The minimum absolute atomic E-state index is 0.200. The number of benzene rings is 1. The van der Waals surface area contributed by atoms with E-state index in [1.54, 1.807) is 12.1 Å². The average Bonchev–Trinajstić information content (AvgIpc) is 2.66. The minimum Gasteiger partial charge on any atom is -0.508 e. The van der Waals surface area contributed by atoms with Gasteiger partial charge in [0.2, 0.25) is 0 Å². The van der Waals surface area contributed by atoms with Gasteiger partial charge in [0.15, 0.2) is 0 Å². The molecule has 1 unspecified atom stereocenters. The number of thioether (sulfide) groups is 1. The maximum atomic E-state index is 9.30. The van der Waals surface area contributed by atoms with E-state index < -0.39 is 0 Å². The minimum atomic E-state index is 0.200. The van der Waals surface area contributed by atoms with E-state index in [1.165, 1.54) is 11.3 Å². The molecular weight excluding hydrogens is 218 g/mol. The lowest BCUT2D eigenvalue weighted by atomic mass is 10.0. The number of nitrogens with zero attached hydrogens (tertiary/aromatic N) is 1. The van der Waals surface area contributed by atoms with Crippen molar-refractivity contribution in [1.82, 2.24) is 4.90 Å². The van der Waals surface area contributed by atoms with Crippen LogP contribution in [0.4, 0.5) is 0 Å². The van der Waals surface area contributed by atoms with Crippen LogP contribution in [0, 0.1) is 0 Å². The van der Waals surface area contributed by atoms with Crippen LogP contribution in [0.25, 0.3) is 0 Å². The van der Waals surface area contributed by atoms with Gasteiger partial charge in [-0.1, -0.05) is 12.1 Å². The van der Waals surface area contributed by atoms with Crippen molar-refractivity contribution >= 4 is 11.8 Å². The average molecular weight is 237 g/mol. The highest BCUT2D eigenvalue weighted by molar-refractivity contribution is 7.99. The summed E-state index contributed by atoms with van der Waals surface area (Å²) in [5.74, 6) is 1.53. The van der Waals surface area contributed by atoms with Crippen LogP contribution in [0.1, 0.15) is 31.7 Å². The molecule has 0 aromatic heterocycles. The van der Waals surface area contributed by atoms with Gasteiger partial charge in [0.05, 0.1) is 5.37 Å². The van der Waals surface area contributed by atoms with Crippen LogP contribution in [0.3, 0.4) is 0 Å². The van der Waals surface area contributed by atoms with Gasteiger partial charge in [-0.15, -0.1) is 11.8 Å². The third-order valence-corrected chi connectivity index (χ3v) is 4.19. The van der Waals surface area contributed by atoms with Gasteiger partial charge in [-0.3, -0.25) is 4.90 Å². The number of aromatic hydroxyl groups is 1. The molecule has 2 rings (SSSR count). The molecule has 0 amide bonds. The lowest BCUT2D eigenvalue weighted by Crippen LogP contribution is -2.40. The Hall–Kier alpha value is -0.670. The van der Waals surface area contributed by atoms with Gasteiger partial charge < -0.3 is 5.11 Å². The lowest BCUT2D eigenvalue weighted by Gasteiger charge is -2.36. The Labute approximate surface area is 102 Å². The second-order valence-electron chi connectivity index (χ2n) is 5.18. The van der Waals surface area contributed by atoms with E-state index in [9.17, 15) is 5.11 Å². The Kier molecular flexibility index (Phi) is 3.17. The Bertz CT molecular complexity index is 355. The van der Waals surface area contributed by atoms with Crippen LogP contribution in [-0.4, -0.2) is 27.8 Å². The second-order valence-corrected chi connectivity index (χ2v) is 6.37. The molecule has 88 valence electrons.